The van der Waals surface area contributed by atoms with Crippen molar-refractivity contribution in [3.8, 4) is 0 Å². The minimum Gasteiger partial charge on any atom is -0.455 e. The fourth-order valence-corrected chi connectivity index (χ4v) is 3.72. The van der Waals surface area contributed by atoms with Crippen LogP contribution in [-0.4, -0.2) is 30.1 Å². The first-order chi connectivity index (χ1) is 11.6. The van der Waals surface area contributed by atoms with Crippen molar-refractivity contribution in [2.24, 2.45) is 0 Å². The molecule has 0 spiro atoms. The van der Waals surface area contributed by atoms with Crippen molar-refractivity contribution in [3.05, 3.63) is 59.4 Å². The monoisotopic (exact) mass is 342 g/mol. The number of aromatic nitrogens is 1. The van der Waals surface area contributed by atoms with Gasteiger partial charge in [-0.25, -0.2) is 14.2 Å². The molecule has 2 aromatic carbocycles. The van der Waals surface area contributed by atoms with Crippen molar-refractivity contribution in [3.63, 3.8) is 0 Å². The van der Waals surface area contributed by atoms with Gasteiger partial charge in [0.1, 0.15) is 11.9 Å². The third kappa shape index (κ3) is 2.73. The Balaban J connectivity index is 1.40. The number of hydrogen-bond donors (Lipinski definition) is 0. The van der Waals surface area contributed by atoms with E-state index in [9.17, 15) is 9.18 Å². The topological polar surface area (TPSA) is 42.4 Å². The second kappa shape index (κ2) is 5.87. The van der Waals surface area contributed by atoms with Crippen LogP contribution in [0.25, 0.3) is 10.2 Å². The van der Waals surface area contributed by atoms with E-state index in [1.165, 1.54) is 23.5 Å². The summed E-state index contributed by atoms with van der Waals surface area (Å²) < 4.78 is 19.6. The number of esters is 1. The van der Waals surface area contributed by atoms with E-state index in [0.717, 1.165) is 20.9 Å². The third-order valence-electron chi connectivity index (χ3n) is 4.10. The first-order valence-corrected chi connectivity index (χ1v) is 8.49. The van der Waals surface area contributed by atoms with Gasteiger partial charge in [-0.1, -0.05) is 29.5 Å². The molecule has 3 aromatic rings. The summed E-state index contributed by atoms with van der Waals surface area (Å²) in [5, 5.41) is 0.832. The highest BCUT2D eigenvalue weighted by Crippen LogP contribution is 2.32. The zero-order valence-corrected chi connectivity index (χ0v) is 13.8. The molecule has 1 saturated heterocycles. The van der Waals surface area contributed by atoms with Crippen LogP contribution in [0.3, 0.4) is 0 Å². The number of carbonyl (C=O) groups is 1. The minimum absolute atomic E-state index is 0.138. The van der Waals surface area contributed by atoms with E-state index in [-0.39, 0.29) is 17.9 Å². The Labute approximate surface area is 142 Å². The Morgan fingerprint density at radius 1 is 1.29 bits per heavy atom. The van der Waals surface area contributed by atoms with Gasteiger partial charge in [-0.05, 0) is 36.8 Å². The molecule has 1 fully saturated rings. The Bertz CT molecular complexity index is 918. The maximum atomic E-state index is 13.2. The van der Waals surface area contributed by atoms with Crippen molar-refractivity contribution in [1.82, 2.24) is 4.98 Å². The molecule has 0 N–H and O–H groups in total. The highest BCUT2D eigenvalue weighted by Gasteiger charge is 2.32. The lowest BCUT2D eigenvalue weighted by molar-refractivity contribution is 0.0233. The van der Waals surface area contributed by atoms with Gasteiger partial charge >= 0.3 is 5.97 Å². The molecule has 1 aromatic heterocycles. The number of nitrogens with zero attached hydrogens (tertiary/aromatic N) is 2. The number of benzene rings is 2. The quantitative estimate of drug-likeness (QED) is 0.679. The summed E-state index contributed by atoms with van der Waals surface area (Å²) in [4.78, 5) is 18.7. The first kappa shape index (κ1) is 15.1. The number of hydrogen-bond acceptors (Lipinski definition) is 5. The molecule has 4 rings (SSSR count). The summed E-state index contributed by atoms with van der Waals surface area (Å²) >= 11 is 1.45. The Morgan fingerprint density at radius 3 is 2.88 bits per heavy atom. The van der Waals surface area contributed by atoms with Crippen LogP contribution in [0.15, 0.2) is 42.5 Å². The predicted molar refractivity (Wildman–Crippen MR) is 92.2 cm³/mol. The largest absolute Gasteiger partial charge is 0.455 e. The van der Waals surface area contributed by atoms with E-state index >= 15 is 0 Å². The molecule has 122 valence electrons. The SMILES string of the molecule is Cc1ccccc1C(=O)OC1CN(c2nc3ccc(F)cc3s2)C1. The predicted octanol–water partition coefficient (Wildman–Crippen LogP) is 3.79. The average Bonchev–Trinajstić information content (AvgIpc) is 2.93. The standard InChI is InChI=1S/C18H15FN2O2S/c1-11-4-2-3-5-14(11)17(22)23-13-9-21(10-13)18-20-15-7-6-12(19)8-16(15)24-18/h2-8,13H,9-10H2,1H3. The molecular weight excluding hydrogens is 327 g/mol. The molecule has 1 aliphatic rings. The summed E-state index contributed by atoms with van der Waals surface area (Å²) in [6, 6.07) is 12.0. The molecular formula is C18H15FN2O2S. The van der Waals surface area contributed by atoms with Gasteiger partial charge in [0.05, 0.1) is 28.9 Å². The zero-order chi connectivity index (χ0) is 16.7. The summed E-state index contributed by atoms with van der Waals surface area (Å²) in [6.07, 6.45) is -0.138. The van der Waals surface area contributed by atoms with Crippen LogP contribution in [0.4, 0.5) is 9.52 Å². The molecule has 6 heteroatoms. The Kier molecular flexibility index (Phi) is 3.69. The molecule has 2 heterocycles. The summed E-state index contributed by atoms with van der Waals surface area (Å²) in [5.41, 5.74) is 2.30. The van der Waals surface area contributed by atoms with Crippen molar-refractivity contribution < 1.29 is 13.9 Å². The molecule has 4 nitrogen and oxygen atoms in total. The highest BCUT2D eigenvalue weighted by molar-refractivity contribution is 7.22. The summed E-state index contributed by atoms with van der Waals surface area (Å²) in [5.74, 6) is -0.546. The lowest BCUT2D eigenvalue weighted by Gasteiger charge is -2.38. The number of aryl methyl sites for hydroxylation is 1. The number of ether oxygens (including phenoxy) is 1. The zero-order valence-electron chi connectivity index (χ0n) is 13.0. The van der Waals surface area contributed by atoms with Crippen LogP contribution in [0.1, 0.15) is 15.9 Å². The van der Waals surface area contributed by atoms with E-state index in [2.05, 4.69) is 4.98 Å². The smallest absolute Gasteiger partial charge is 0.338 e. The van der Waals surface area contributed by atoms with Crippen molar-refractivity contribution in [1.29, 1.82) is 0 Å². The summed E-state index contributed by atoms with van der Waals surface area (Å²) in [7, 11) is 0. The van der Waals surface area contributed by atoms with E-state index in [1.54, 1.807) is 12.1 Å². The van der Waals surface area contributed by atoms with Crippen molar-refractivity contribution in [2.45, 2.75) is 13.0 Å². The molecule has 0 radical (unpaired) electrons. The third-order valence-corrected chi connectivity index (χ3v) is 5.18. The molecule has 0 amide bonds. The van der Waals surface area contributed by atoms with Gasteiger partial charge in [-0.3, -0.25) is 0 Å². The van der Waals surface area contributed by atoms with Crippen LogP contribution < -0.4 is 4.90 Å². The van der Waals surface area contributed by atoms with E-state index < -0.39 is 0 Å². The van der Waals surface area contributed by atoms with Gasteiger partial charge in [0, 0.05) is 0 Å². The molecule has 0 bridgehead atoms. The second-order valence-electron chi connectivity index (χ2n) is 5.86. The lowest BCUT2D eigenvalue weighted by Crippen LogP contribution is -2.53. The van der Waals surface area contributed by atoms with Crippen molar-refractivity contribution >= 4 is 32.7 Å². The van der Waals surface area contributed by atoms with Gasteiger partial charge in [-0.2, -0.15) is 0 Å². The van der Waals surface area contributed by atoms with Crippen molar-refractivity contribution in [2.75, 3.05) is 18.0 Å². The number of rotatable bonds is 3. The van der Waals surface area contributed by atoms with Gasteiger partial charge < -0.3 is 9.64 Å². The number of halogens is 1. The maximum Gasteiger partial charge on any atom is 0.338 e. The van der Waals surface area contributed by atoms with Gasteiger partial charge in [0.25, 0.3) is 0 Å². The van der Waals surface area contributed by atoms with E-state index in [0.29, 0.717) is 18.7 Å². The van der Waals surface area contributed by atoms with Crippen LogP contribution in [0, 0.1) is 12.7 Å². The number of fused-ring (bicyclic) bond motifs is 1. The molecule has 0 aliphatic carbocycles. The first-order valence-electron chi connectivity index (χ1n) is 7.68. The highest BCUT2D eigenvalue weighted by atomic mass is 32.1. The van der Waals surface area contributed by atoms with Crippen LogP contribution in [-0.2, 0) is 4.74 Å². The van der Waals surface area contributed by atoms with E-state index in [4.69, 9.17) is 4.74 Å². The fraction of sp³-hybridized carbons (Fsp3) is 0.222. The van der Waals surface area contributed by atoms with Gasteiger partial charge in [-0.15, -0.1) is 0 Å². The molecule has 0 saturated carbocycles. The number of thiazole rings is 1. The lowest BCUT2D eigenvalue weighted by atomic mass is 10.1. The van der Waals surface area contributed by atoms with Crippen LogP contribution in [0.2, 0.25) is 0 Å². The van der Waals surface area contributed by atoms with Crippen LogP contribution >= 0.6 is 11.3 Å². The maximum absolute atomic E-state index is 13.2. The minimum atomic E-state index is -0.288. The molecule has 1 aliphatic heterocycles. The average molecular weight is 342 g/mol. The Morgan fingerprint density at radius 2 is 2.08 bits per heavy atom. The molecule has 0 unspecified atom stereocenters. The van der Waals surface area contributed by atoms with Crippen LogP contribution in [0.5, 0.6) is 0 Å². The normalized spacial score (nSPS) is 14.7. The van der Waals surface area contributed by atoms with E-state index in [1.807, 2.05) is 30.0 Å². The second-order valence-corrected chi connectivity index (χ2v) is 6.86. The van der Waals surface area contributed by atoms with Gasteiger partial charge in [0.15, 0.2) is 5.13 Å². The number of carbonyl (C=O) groups excluding carboxylic acids is 1. The molecule has 24 heavy (non-hydrogen) atoms. The van der Waals surface area contributed by atoms with Gasteiger partial charge in [0.2, 0.25) is 0 Å². The number of anilines is 1. The molecule has 0 atom stereocenters. The Hall–Kier alpha value is -2.47. The summed E-state index contributed by atoms with van der Waals surface area (Å²) in [6.45, 7) is 3.11. The fourth-order valence-electron chi connectivity index (χ4n) is 2.71.